The van der Waals surface area contributed by atoms with Crippen LogP contribution in [0.3, 0.4) is 0 Å². The predicted octanol–water partition coefficient (Wildman–Crippen LogP) is 6.41. The molecule has 34 heavy (non-hydrogen) atoms. The average Bonchev–Trinajstić information content (AvgIpc) is 2.83. The Morgan fingerprint density at radius 3 is 2.35 bits per heavy atom. The fourth-order valence-corrected chi connectivity index (χ4v) is 5.80. The maximum Gasteiger partial charge on any atom is 0.411 e. The number of rotatable bonds is 3. The van der Waals surface area contributed by atoms with Crippen LogP contribution in [-0.4, -0.2) is 32.5 Å². The van der Waals surface area contributed by atoms with Gasteiger partial charge < -0.3 is 9.64 Å². The van der Waals surface area contributed by atoms with Gasteiger partial charge in [-0.15, -0.1) is 0 Å². The fourth-order valence-electron chi connectivity index (χ4n) is 5.80. The Hall–Kier alpha value is -3.15. The van der Waals surface area contributed by atoms with Gasteiger partial charge in [0.25, 0.3) is 0 Å². The van der Waals surface area contributed by atoms with Gasteiger partial charge >= 0.3 is 6.09 Å². The summed E-state index contributed by atoms with van der Waals surface area (Å²) in [5.41, 5.74) is 5.50. The lowest BCUT2D eigenvalue weighted by Crippen LogP contribution is -2.47. The smallest absolute Gasteiger partial charge is 0.411 e. The van der Waals surface area contributed by atoms with Gasteiger partial charge in [0.05, 0.1) is 7.11 Å². The van der Waals surface area contributed by atoms with Crippen molar-refractivity contribution in [1.82, 2.24) is 0 Å². The lowest BCUT2D eigenvalue weighted by molar-refractivity contribution is 0.187. The van der Waals surface area contributed by atoms with Crippen molar-refractivity contribution >= 4 is 17.5 Å². The quantitative estimate of drug-likeness (QED) is 0.571. The summed E-state index contributed by atoms with van der Waals surface area (Å²) in [7, 11) is 1.34. The Bertz CT molecular complexity index is 1190. The van der Waals surface area contributed by atoms with Gasteiger partial charge in [-0.05, 0) is 59.4 Å². The van der Waals surface area contributed by atoms with Crippen LogP contribution in [0.15, 0.2) is 60.2 Å². The molecule has 0 aromatic heterocycles. The molecule has 4 nitrogen and oxygen atoms in total. The van der Waals surface area contributed by atoms with Crippen molar-refractivity contribution in [3.63, 3.8) is 0 Å². The third-order valence-electron chi connectivity index (χ3n) is 7.98. The standard InChI is InChI=1S/C28H30F2N2O2/c1-27(18-4-8-20(29)9-5-18)12-14-32-15-13-28(2,19-6-10-21(30)11-7-19)24-17-22(31-26(33)34-3)16-23(27)25(24)32/h4-10,16-17,21H,11-15H2,1-3H3,(H,31,33). The summed E-state index contributed by atoms with van der Waals surface area (Å²) in [6, 6.07) is 10.8. The van der Waals surface area contributed by atoms with Gasteiger partial charge in [0.15, 0.2) is 0 Å². The predicted molar refractivity (Wildman–Crippen MR) is 131 cm³/mol. The number of carbonyl (C=O) groups excluding carboxylic acids is 1. The van der Waals surface area contributed by atoms with Gasteiger partial charge in [0.2, 0.25) is 0 Å². The molecule has 2 heterocycles. The lowest BCUT2D eigenvalue weighted by atomic mass is 9.63. The summed E-state index contributed by atoms with van der Waals surface area (Å²) in [5, 5.41) is 2.86. The molecule has 3 atom stereocenters. The first-order valence-corrected chi connectivity index (χ1v) is 11.8. The molecule has 3 aliphatic rings. The third kappa shape index (κ3) is 3.60. The highest BCUT2D eigenvalue weighted by atomic mass is 19.1. The van der Waals surface area contributed by atoms with Crippen LogP contribution in [0.5, 0.6) is 0 Å². The summed E-state index contributed by atoms with van der Waals surface area (Å²) in [6.45, 7) is 6.17. The van der Waals surface area contributed by atoms with Gasteiger partial charge in [-0.1, -0.05) is 44.2 Å². The number of nitrogens with one attached hydrogen (secondary N) is 1. The van der Waals surface area contributed by atoms with E-state index in [0.29, 0.717) is 12.1 Å². The molecule has 6 heteroatoms. The molecule has 2 aromatic carbocycles. The Kier molecular flexibility index (Phi) is 5.50. The fraction of sp³-hybridized carbons (Fsp3) is 0.393. The van der Waals surface area contributed by atoms with Crippen LogP contribution in [0.2, 0.25) is 0 Å². The molecule has 0 spiro atoms. The molecule has 0 saturated carbocycles. The molecule has 178 valence electrons. The van der Waals surface area contributed by atoms with Crippen LogP contribution in [0.4, 0.5) is 25.0 Å². The second-order valence-electron chi connectivity index (χ2n) is 9.96. The minimum absolute atomic E-state index is 0.261. The Morgan fingerprint density at radius 2 is 1.74 bits per heavy atom. The number of amides is 1. The van der Waals surface area contributed by atoms with E-state index in [2.05, 4.69) is 24.1 Å². The van der Waals surface area contributed by atoms with Gasteiger partial charge in [-0.3, -0.25) is 5.32 Å². The number of hydrogen-bond donors (Lipinski definition) is 1. The van der Waals surface area contributed by atoms with Crippen molar-refractivity contribution < 1.29 is 18.3 Å². The van der Waals surface area contributed by atoms with E-state index in [9.17, 15) is 13.6 Å². The summed E-state index contributed by atoms with van der Waals surface area (Å²) in [5.74, 6) is -0.261. The number of anilines is 2. The zero-order chi connectivity index (χ0) is 24.1. The normalized spacial score (nSPS) is 27.6. The van der Waals surface area contributed by atoms with Gasteiger partial charge in [0, 0.05) is 41.7 Å². The molecule has 0 saturated heterocycles. The molecule has 1 aliphatic carbocycles. The summed E-state index contributed by atoms with van der Waals surface area (Å²) < 4.78 is 32.5. The number of carbonyl (C=O) groups is 1. The number of allylic oxidation sites excluding steroid dienone is 4. The molecule has 2 aromatic rings. The zero-order valence-corrected chi connectivity index (χ0v) is 19.8. The Labute approximate surface area is 199 Å². The van der Waals surface area contributed by atoms with Crippen LogP contribution in [0, 0.1) is 5.82 Å². The SMILES string of the molecule is COC(=O)Nc1cc2c3c(c1)C(C)(c1ccc(F)cc1)CCN3CCC2(C)C1=CCC(F)C=C1. The van der Waals surface area contributed by atoms with E-state index >= 15 is 0 Å². The van der Waals surface area contributed by atoms with E-state index in [0.717, 1.165) is 48.2 Å². The summed E-state index contributed by atoms with van der Waals surface area (Å²) in [6.07, 6.45) is 6.22. The van der Waals surface area contributed by atoms with E-state index in [1.165, 1.54) is 24.9 Å². The average molecular weight is 465 g/mol. The molecule has 0 radical (unpaired) electrons. The highest BCUT2D eigenvalue weighted by Crippen LogP contribution is 2.54. The van der Waals surface area contributed by atoms with Crippen molar-refractivity contribution in [3.05, 3.63) is 82.7 Å². The van der Waals surface area contributed by atoms with E-state index in [1.807, 2.05) is 36.4 Å². The number of halogens is 2. The second kappa shape index (κ2) is 8.26. The van der Waals surface area contributed by atoms with Crippen LogP contribution in [-0.2, 0) is 15.6 Å². The Balaban J connectivity index is 1.73. The number of hydrogen-bond acceptors (Lipinski definition) is 3. The number of alkyl halides is 1. The molecule has 5 rings (SSSR count). The minimum atomic E-state index is -0.949. The molecule has 2 aliphatic heterocycles. The first kappa shape index (κ1) is 22.6. The molecular weight excluding hydrogens is 434 g/mol. The van der Waals surface area contributed by atoms with Crippen LogP contribution < -0.4 is 10.2 Å². The first-order chi connectivity index (χ1) is 16.2. The monoisotopic (exact) mass is 464 g/mol. The van der Waals surface area contributed by atoms with Crippen molar-refractivity contribution in [1.29, 1.82) is 0 Å². The van der Waals surface area contributed by atoms with Crippen molar-refractivity contribution in [2.24, 2.45) is 0 Å². The van der Waals surface area contributed by atoms with Crippen molar-refractivity contribution in [2.45, 2.75) is 50.1 Å². The van der Waals surface area contributed by atoms with Crippen LogP contribution in [0.25, 0.3) is 0 Å². The lowest BCUT2D eigenvalue weighted by Gasteiger charge is -2.50. The van der Waals surface area contributed by atoms with Crippen molar-refractivity contribution in [2.75, 3.05) is 30.4 Å². The van der Waals surface area contributed by atoms with E-state index < -0.39 is 12.3 Å². The zero-order valence-electron chi connectivity index (χ0n) is 19.8. The van der Waals surface area contributed by atoms with Gasteiger partial charge in [0.1, 0.15) is 12.0 Å². The van der Waals surface area contributed by atoms with E-state index in [1.54, 1.807) is 6.08 Å². The van der Waals surface area contributed by atoms with Gasteiger partial charge in [-0.2, -0.15) is 0 Å². The molecule has 0 bridgehead atoms. The second-order valence-corrected chi connectivity index (χ2v) is 9.96. The molecule has 3 unspecified atom stereocenters. The van der Waals surface area contributed by atoms with Crippen LogP contribution >= 0.6 is 0 Å². The third-order valence-corrected chi connectivity index (χ3v) is 7.98. The summed E-state index contributed by atoms with van der Waals surface area (Å²) in [4.78, 5) is 14.6. The highest BCUT2D eigenvalue weighted by Gasteiger charge is 2.45. The molecule has 0 fully saturated rings. The summed E-state index contributed by atoms with van der Waals surface area (Å²) >= 11 is 0. The highest BCUT2D eigenvalue weighted by molar-refractivity contribution is 5.87. The van der Waals surface area contributed by atoms with Crippen molar-refractivity contribution in [3.8, 4) is 0 Å². The topological polar surface area (TPSA) is 41.6 Å². The number of benzene rings is 2. The molecule has 1 amide bonds. The van der Waals surface area contributed by atoms with Gasteiger partial charge in [-0.25, -0.2) is 13.6 Å². The largest absolute Gasteiger partial charge is 0.453 e. The number of ether oxygens (including phenoxy) is 1. The Morgan fingerprint density at radius 1 is 1.09 bits per heavy atom. The maximum atomic E-state index is 13.9. The molecular formula is C28H30F2N2O2. The molecule has 1 N–H and O–H groups in total. The van der Waals surface area contributed by atoms with Crippen LogP contribution in [0.1, 0.15) is 49.8 Å². The van der Waals surface area contributed by atoms with E-state index in [-0.39, 0.29) is 16.6 Å². The number of methoxy groups -OCH3 is 1. The minimum Gasteiger partial charge on any atom is -0.453 e. The van der Waals surface area contributed by atoms with E-state index in [4.69, 9.17) is 4.74 Å². The maximum absolute atomic E-state index is 13.9. The number of nitrogens with zero attached hydrogens (tertiary/aromatic N) is 1. The first-order valence-electron chi connectivity index (χ1n) is 11.8.